The molecule has 5 atom stereocenters. The zero-order valence-electron chi connectivity index (χ0n) is 10.4. The highest BCUT2D eigenvalue weighted by Gasteiger charge is 2.43. The molecule has 2 heterocycles. The summed E-state index contributed by atoms with van der Waals surface area (Å²) in [7, 11) is 0. The Morgan fingerprint density at radius 2 is 2.28 bits per heavy atom. The van der Waals surface area contributed by atoms with E-state index in [0.717, 1.165) is 25.2 Å². The van der Waals surface area contributed by atoms with Crippen molar-refractivity contribution in [1.82, 2.24) is 15.5 Å². The fourth-order valence-electron chi connectivity index (χ4n) is 3.47. The molecule has 3 rings (SSSR count). The maximum atomic E-state index is 9.86. The minimum atomic E-state index is -0.491. The highest BCUT2D eigenvalue weighted by molar-refractivity contribution is 5.21. The molecular weight excluding hydrogens is 232 g/mol. The Hall–Kier alpha value is -0.500. The van der Waals surface area contributed by atoms with Gasteiger partial charge < -0.3 is 21.3 Å². The molecule has 0 aromatic heterocycles. The van der Waals surface area contributed by atoms with Gasteiger partial charge in [-0.2, -0.15) is 0 Å². The second kappa shape index (κ2) is 4.88. The third-order valence-corrected chi connectivity index (χ3v) is 4.46. The monoisotopic (exact) mass is 254 g/mol. The van der Waals surface area contributed by atoms with Crippen LogP contribution in [0.25, 0.3) is 0 Å². The molecule has 2 fully saturated rings. The Balaban J connectivity index is 1.73. The number of rotatable bonds is 2. The van der Waals surface area contributed by atoms with Gasteiger partial charge in [-0.1, -0.05) is 6.08 Å². The molecule has 6 N–H and O–H groups in total. The molecule has 0 spiro atoms. The van der Waals surface area contributed by atoms with Crippen LogP contribution in [0.2, 0.25) is 0 Å². The summed E-state index contributed by atoms with van der Waals surface area (Å²) in [6, 6.07) is 0.921. The van der Waals surface area contributed by atoms with Crippen LogP contribution in [0, 0.1) is 0 Å². The van der Waals surface area contributed by atoms with Gasteiger partial charge in [-0.05, 0) is 25.0 Å². The zero-order valence-corrected chi connectivity index (χ0v) is 10.4. The standard InChI is InChI=1S/C12H22N4O2/c13-12-11-9(1-2-14-12)16(6-15-11)8-3-7(5-17)10(18)4-8/h3,8-12,14-15,17-18H,1-2,4-6,13H2/t8-,9?,10+,11?,12?/m1/s1. The Labute approximate surface area is 107 Å². The van der Waals surface area contributed by atoms with Crippen molar-refractivity contribution in [3.63, 3.8) is 0 Å². The first-order valence-electron chi connectivity index (χ1n) is 6.68. The van der Waals surface area contributed by atoms with Crippen LogP contribution >= 0.6 is 0 Å². The fourth-order valence-corrected chi connectivity index (χ4v) is 3.47. The van der Waals surface area contributed by atoms with Crippen LogP contribution in [0.5, 0.6) is 0 Å². The van der Waals surface area contributed by atoms with E-state index >= 15 is 0 Å². The van der Waals surface area contributed by atoms with Crippen LogP contribution in [0.3, 0.4) is 0 Å². The molecule has 6 heteroatoms. The van der Waals surface area contributed by atoms with Crippen molar-refractivity contribution in [3.8, 4) is 0 Å². The topological polar surface area (TPSA) is 93.8 Å². The number of nitrogens with two attached hydrogens (primary N) is 1. The predicted molar refractivity (Wildman–Crippen MR) is 67.6 cm³/mol. The third-order valence-electron chi connectivity index (χ3n) is 4.46. The number of hydrogen-bond donors (Lipinski definition) is 5. The van der Waals surface area contributed by atoms with Crippen LogP contribution in [-0.4, -0.2) is 65.3 Å². The predicted octanol–water partition coefficient (Wildman–Crippen LogP) is -2.08. The number of aliphatic hydroxyl groups is 2. The van der Waals surface area contributed by atoms with Gasteiger partial charge in [-0.3, -0.25) is 10.2 Å². The highest BCUT2D eigenvalue weighted by atomic mass is 16.3. The summed E-state index contributed by atoms with van der Waals surface area (Å²) in [6.45, 7) is 1.69. The van der Waals surface area contributed by atoms with Crippen LogP contribution < -0.4 is 16.4 Å². The number of piperidine rings is 1. The smallest absolute Gasteiger partial charge is 0.0790 e. The molecule has 18 heavy (non-hydrogen) atoms. The van der Waals surface area contributed by atoms with Gasteiger partial charge in [0.15, 0.2) is 0 Å². The van der Waals surface area contributed by atoms with Gasteiger partial charge in [0.25, 0.3) is 0 Å². The molecular formula is C12H22N4O2. The Morgan fingerprint density at radius 3 is 3.00 bits per heavy atom. The second-order valence-corrected chi connectivity index (χ2v) is 5.46. The van der Waals surface area contributed by atoms with Crippen molar-refractivity contribution in [2.45, 2.75) is 43.2 Å². The van der Waals surface area contributed by atoms with Gasteiger partial charge in [0, 0.05) is 18.8 Å². The van der Waals surface area contributed by atoms with Crippen molar-refractivity contribution >= 4 is 0 Å². The van der Waals surface area contributed by atoms with E-state index in [1.54, 1.807) is 0 Å². The summed E-state index contributed by atoms with van der Waals surface area (Å²) in [4.78, 5) is 2.37. The van der Waals surface area contributed by atoms with Crippen molar-refractivity contribution in [1.29, 1.82) is 0 Å². The lowest BCUT2D eigenvalue weighted by molar-refractivity contribution is 0.128. The summed E-state index contributed by atoms with van der Waals surface area (Å²) >= 11 is 0. The summed E-state index contributed by atoms with van der Waals surface area (Å²) in [5.74, 6) is 0. The molecule has 102 valence electrons. The number of hydrogen-bond acceptors (Lipinski definition) is 6. The van der Waals surface area contributed by atoms with E-state index in [0.29, 0.717) is 12.5 Å². The number of fused-ring (bicyclic) bond motifs is 1. The lowest BCUT2D eigenvalue weighted by Crippen LogP contribution is -2.61. The van der Waals surface area contributed by atoms with Crippen LogP contribution in [-0.2, 0) is 0 Å². The maximum absolute atomic E-state index is 9.86. The largest absolute Gasteiger partial charge is 0.392 e. The molecule has 2 aliphatic heterocycles. The van der Waals surface area contributed by atoms with Crippen LogP contribution in [0.4, 0.5) is 0 Å². The highest BCUT2D eigenvalue weighted by Crippen LogP contribution is 2.29. The summed E-state index contributed by atoms with van der Waals surface area (Å²) in [5, 5.41) is 25.8. The first kappa shape index (κ1) is 12.5. The Bertz CT molecular complexity index is 349. The van der Waals surface area contributed by atoms with E-state index in [1.165, 1.54) is 0 Å². The summed E-state index contributed by atoms with van der Waals surface area (Å²) < 4.78 is 0. The molecule has 0 radical (unpaired) electrons. The Morgan fingerprint density at radius 1 is 1.44 bits per heavy atom. The molecule has 3 unspecified atom stereocenters. The van der Waals surface area contributed by atoms with Crippen molar-refractivity contribution < 1.29 is 10.2 Å². The number of nitrogens with zero attached hydrogens (tertiary/aromatic N) is 1. The molecule has 0 aromatic carbocycles. The maximum Gasteiger partial charge on any atom is 0.0790 e. The molecule has 2 saturated heterocycles. The lowest BCUT2D eigenvalue weighted by atomic mass is 9.97. The van der Waals surface area contributed by atoms with Gasteiger partial charge >= 0.3 is 0 Å². The number of aliphatic hydroxyl groups excluding tert-OH is 2. The SMILES string of the molecule is NC1NCCC2C1NCN2[C@@H]1C=C(CO)[C@@H](O)C1. The molecule has 3 aliphatic rings. The van der Waals surface area contributed by atoms with E-state index in [9.17, 15) is 10.2 Å². The quantitative estimate of drug-likeness (QED) is 0.363. The first-order valence-corrected chi connectivity index (χ1v) is 6.68. The van der Waals surface area contributed by atoms with Crippen molar-refractivity contribution in [2.24, 2.45) is 5.73 Å². The van der Waals surface area contributed by atoms with E-state index < -0.39 is 6.10 Å². The fraction of sp³-hybridized carbons (Fsp3) is 0.833. The van der Waals surface area contributed by atoms with E-state index in [4.69, 9.17) is 5.73 Å². The van der Waals surface area contributed by atoms with Crippen LogP contribution in [0.15, 0.2) is 11.6 Å². The molecule has 0 saturated carbocycles. The van der Waals surface area contributed by atoms with Crippen LogP contribution in [0.1, 0.15) is 12.8 Å². The number of nitrogens with one attached hydrogen (secondary N) is 2. The molecule has 6 nitrogen and oxygen atoms in total. The molecule has 0 aromatic rings. The third kappa shape index (κ3) is 1.99. The summed E-state index contributed by atoms with van der Waals surface area (Å²) in [6.07, 6.45) is 3.28. The van der Waals surface area contributed by atoms with E-state index in [-0.39, 0.29) is 24.9 Å². The Kier molecular flexibility index (Phi) is 3.40. The van der Waals surface area contributed by atoms with Gasteiger partial charge in [0.2, 0.25) is 0 Å². The molecule has 1 aliphatic carbocycles. The minimum Gasteiger partial charge on any atom is -0.392 e. The lowest BCUT2D eigenvalue weighted by Gasteiger charge is -2.37. The summed E-state index contributed by atoms with van der Waals surface area (Å²) in [5.41, 5.74) is 6.81. The average molecular weight is 254 g/mol. The minimum absolute atomic E-state index is 0.00127. The normalized spacial score (nSPS) is 45.1. The van der Waals surface area contributed by atoms with Crippen molar-refractivity contribution in [2.75, 3.05) is 19.8 Å². The van der Waals surface area contributed by atoms with E-state index in [1.807, 2.05) is 6.08 Å². The average Bonchev–Trinajstić information content (AvgIpc) is 2.93. The first-order chi connectivity index (χ1) is 8.70. The van der Waals surface area contributed by atoms with Gasteiger partial charge in [-0.15, -0.1) is 0 Å². The molecule has 0 bridgehead atoms. The van der Waals surface area contributed by atoms with Gasteiger partial charge in [-0.25, -0.2) is 0 Å². The second-order valence-electron chi connectivity index (χ2n) is 5.46. The van der Waals surface area contributed by atoms with E-state index in [2.05, 4.69) is 15.5 Å². The molecule has 0 amide bonds. The van der Waals surface area contributed by atoms with Gasteiger partial charge in [0.05, 0.1) is 24.9 Å². The van der Waals surface area contributed by atoms with Gasteiger partial charge in [0.1, 0.15) is 0 Å². The van der Waals surface area contributed by atoms with Crippen molar-refractivity contribution in [3.05, 3.63) is 11.6 Å². The zero-order chi connectivity index (χ0) is 12.7.